The van der Waals surface area contributed by atoms with Crippen LogP contribution >= 0.6 is 12.4 Å². The summed E-state index contributed by atoms with van der Waals surface area (Å²) in [6.45, 7) is 3.24. The van der Waals surface area contributed by atoms with E-state index in [2.05, 4.69) is 10.6 Å². The Morgan fingerprint density at radius 3 is 2.37 bits per heavy atom. The van der Waals surface area contributed by atoms with E-state index in [0.29, 0.717) is 30.0 Å². The maximum Gasteiger partial charge on any atom is 0.323 e. The molecule has 1 saturated heterocycles. The molecular formula is C20H25ClN4O2. The minimum Gasteiger partial charge on any atom is -0.339 e. The SMILES string of the molecule is Cc1ccc(C(=O)N2CCC(N)CC2)cc1NC(=O)Nc1ccccc1.Cl. The quantitative estimate of drug-likeness (QED) is 0.750. The summed E-state index contributed by atoms with van der Waals surface area (Å²) in [6.07, 6.45) is 1.64. The van der Waals surface area contributed by atoms with Gasteiger partial charge in [-0.1, -0.05) is 24.3 Å². The van der Waals surface area contributed by atoms with Crippen LogP contribution in [0.1, 0.15) is 28.8 Å². The Labute approximate surface area is 165 Å². The zero-order chi connectivity index (χ0) is 18.5. The van der Waals surface area contributed by atoms with E-state index in [-0.39, 0.29) is 30.4 Å². The molecule has 0 unspecified atom stereocenters. The van der Waals surface area contributed by atoms with E-state index >= 15 is 0 Å². The highest BCUT2D eigenvalue weighted by Gasteiger charge is 2.22. The predicted octanol–water partition coefficient (Wildman–Crippen LogP) is 3.62. The first-order chi connectivity index (χ1) is 12.5. The molecule has 1 aliphatic rings. The lowest BCUT2D eigenvalue weighted by Crippen LogP contribution is -2.42. The Hall–Kier alpha value is -2.57. The lowest BCUT2D eigenvalue weighted by Gasteiger charge is -2.30. The number of amides is 3. The van der Waals surface area contributed by atoms with Gasteiger partial charge >= 0.3 is 6.03 Å². The van der Waals surface area contributed by atoms with Crippen molar-refractivity contribution in [1.82, 2.24) is 4.90 Å². The van der Waals surface area contributed by atoms with E-state index in [0.717, 1.165) is 18.4 Å². The van der Waals surface area contributed by atoms with Gasteiger partial charge in [0.25, 0.3) is 5.91 Å². The van der Waals surface area contributed by atoms with Crippen LogP contribution in [0.3, 0.4) is 0 Å². The van der Waals surface area contributed by atoms with E-state index in [4.69, 9.17) is 5.73 Å². The lowest BCUT2D eigenvalue weighted by atomic mass is 10.0. The molecule has 3 amide bonds. The molecule has 27 heavy (non-hydrogen) atoms. The average molecular weight is 389 g/mol. The molecule has 0 aromatic heterocycles. The van der Waals surface area contributed by atoms with Crippen LogP contribution in [0.25, 0.3) is 0 Å². The van der Waals surface area contributed by atoms with Crippen LogP contribution in [0.2, 0.25) is 0 Å². The molecule has 0 bridgehead atoms. The molecule has 3 rings (SSSR count). The van der Waals surface area contributed by atoms with Gasteiger partial charge < -0.3 is 21.3 Å². The number of urea groups is 1. The molecule has 0 spiro atoms. The summed E-state index contributed by atoms with van der Waals surface area (Å²) in [4.78, 5) is 26.7. The molecular weight excluding hydrogens is 364 g/mol. The molecule has 6 nitrogen and oxygen atoms in total. The van der Waals surface area contributed by atoms with Crippen molar-refractivity contribution in [1.29, 1.82) is 0 Å². The van der Waals surface area contributed by atoms with Crippen molar-refractivity contribution in [2.24, 2.45) is 5.73 Å². The molecule has 4 N–H and O–H groups in total. The van der Waals surface area contributed by atoms with Crippen LogP contribution in [0.5, 0.6) is 0 Å². The minimum absolute atomic E-state index is 0. The van der Waals surface area contributed by atoms with Crippen molar-refractivity contribution in [3.63, 3.8) is 0 Å². The van der Waals surface area contributed by atoms with Gasteiger partial charge in [-0.2, -0.15) is 0 Å². The van der Waals surface area contributed by atoms with E-state index in [1.165, 1.54) is 0 Å². The van der Waals surface area contributed by atoms with Crippen molar-refractivity contribution in [3.05, 3.63) is 59.7 Å². The van der Waals surface area contributed by atoms with Gasteiger partial charge in [0.05, 0.1) is 0 Å². The first kappa shape index (κ1) is 20.7. The lowest BCUT2D eigenvalue weighted by molar-refractivity contribution is 0.0715. The Bertz CT molecular complexity index is 790. The molecule has 1 fully saturated rings. The molecule has 1 aliphatic heterocycles. The van der Waals surface area contributed by atoms with Gasteiger partial charge in [0.1, 0.15) is 0 Å². The van der Waals surface area contributed by atoms with E-state index in [1.54, 1.807) is 12.1 Å². The van der Waals surface area contributed by atoms with Crippen LogP contribution in [0.4, 0.5) is 16.2 Å². The molecule has 0 aliphatic carbocycles. The Morgan fingerprint density at radius 1 is 1.04 bits per heavy atom. The van der Waals surface area contributed by atoms with Gasteiger partial charge in [-0.05, 0) is 49.6 Å². The Balaban J connectivity index is 0.00000261. The average Bonchev–Trinajstić information content (AvgIpc) is 2.64. The fourth-order valence-corrected chi connectivity index (χ4v) is 2.98. The van der Waals surface area contributed by atoms with Crippen LogP contribution < -0.4 is 16.4 Å². The third-order valence-corrected chi connectivity index (χ3v) is 4.59. The summed E-state index contributed by atoms with van der Waals surface area (Å²) in [6, 6.07) is 14.4. The topological polar surface area (TPSA) is 87.5 Å². The zero-order valence-corrected chi connectivity index (χ0v) is 16.1. The number of aryl methyl sites for hydroxylation is 1. The second kappa shape index (κ2) is 9.39. The second-order valence-electron chi connectivity index (χ2n) is 6.60. The highest BCUT2D eigenvalue weighted by molar-refractivity contribution is 6.02. The molecule has 144 valence electrons. The number of piperidine rings is 1. The normalized spacial score (nSPS) is 14.2. The molecule has 7 heteroatoms. The number of carbonyl (C=O) groups excluding carboxylic acids is 2. The number of anilines is 2. The number of rotatable bonds is 3. The van der Waals surface area contributed by atoms with Gasteiger partial charge in [-0.25, -0.2) is 4.79 Å². The number of halogens is 1. The third-order valence-electron chi connectivity index (χ3n) is 4.59. The molecule has 1 heterocycles. The molecule has 0 atom stereocenters. The molecule has 2 aromatic rings. The number of nitrogens with one attached hydrogen (secondary N) is 2. The van der Waals surface area contributed by atoms with Crippen LogP contribution in [0.15, 0.2) is 48.5 Å². The first-order valence-corrected chi connectivity index (χ1v) is 8.81. The highest BCUT2D eigenvalue weighted by atomic mass is 35.5. The zero-order valence-electron chi connectivity index (χ0n) is 15.3. The van der Waals surface area contributed by atoms with Crippen molar-refractivity contribution in [3.8, 4) is 0 Å². The molecule has 0 radical (unpaired) electrons. The predicted molar refractivity (Wildman–Crippen MR) is 111 cm³/mol. The Morgan fingerprint density at radius 2 is 1.70 bits per heavy atom. The summed E-state index contributed by atoms with van der Waals surface area (Å²) < 4.78 is 0. The van der Waals surface area contributed by atoms with E-state index < -0.39 is 0 Å². The van der Waals surface area contributed by atoms with Crippen molar-refractivity contribution < 1.29 is 9.59 Å². The number of carbonyl (C=O) groups is 2. The Kier molecular flexibility index (Phi) is 7.21. The monoisotopic (exact) mass is 388 g/mol. The molecule has 0 saturated carbocycles. The van der Waals surface area contributed by atoms with Crippen LogP contribution in [0, 0.1) is 6.92 Å². The smallest absolute Gasteiger partial charge is 0.323 e. The van der Waals surface area contributed by atoms with Crippen LogP contribution in [-0.4, -0.2) is 36.0 Å². The summed E-state index contributed by atoms with van der Waals surface area (Å²) in [5.74, 6) is -0.0246. The van der Waals surface area contributed by atoms with Gasteiger partial charge in [-0.3, -0.25) is 4.79 Å². The molecule has 2 aromatic carbocycles. The number of benzene rings is 2. The highest BCUT2D eigenvalue weighted by Crippen LogP contribution is 2.20. The number of para-hydroxylation sites is 1. The summed E-state index contributed by atoms with van der Waals surface area (Å²) in [7, 11) is 0. The van der Waals surface area contributed by atoms with E-state index in [9.17, 15) is 9.59 Å². The number of nitrogens with two attached hydrogens (primary N) is 1. The maximum atomic E-state index is 12.7. The number of nitrogens with zero attached hydrogens (tertiary/aromatic N) is 1. The van der Waals surface area contributed by atoms with Gasteiger partial charge in [0.2, 0.25) is 0 Å². The fraction of sp³-hybridized carbons (Fsp3) is 0.300. The van der Waals surface area contributed by atoms with Gasteiger partial charge in [0, 0.05) is 36.1 Å². The second-order valence-corrected chi connectivity index (χ2v) is 6.60. The minimum atomic E-state index is -0.340. The fourth-order valence-electron chi connectivity index (χ4n) is 2.98. The maximum absolute atomic E-state index is 12.7. The van der Waals surface area contributed by atoms with Crippen LogP contribution in [-0.2, 0) is 0 Å². The number of hydrogen-bond donors (Lipinski definition) is 3. The first-order valence-electron chi connectivity index (χ1n) is 8.81. The standard InChI is InChI=1S/C20H24N4O2.ClH/c1-14-7-8-15(19(25)24-11-9-16(21)10-12-24)13-18(14)23-20(26)22-17-5-3-2-4-6-17;/h2-8,13,16H,9-12,21H2,1H3,(H2,22,23,26);1H. The summed E-state index contributed by atoms with van der Waals surface area (Å²) in [5, 5.41) is 5.60. The van der Waals surface area contributed by atoms with Crippen molar-refractivity contribution >= 4 is 35.7 Å². The van der Waals surface area contributed by atoms with Crippen molar-refractivity contribution in [2.45, 2.75) is 25.8 Å². The summed E-state index contributed by atoms with van der Waals surface area (Å²) >= 11 is 0. The largest absolute Gasteiger partial charge is 0.339 e. The van der Waals surface area contributed by atoms with Gasteiger partial charge in [-0.15, -0.1) is 12.4 Å². The number of hydrogen-bond acceptors (Lipinski definition) is 3. The number of likely N-dealkylation sites (tertiary alicyclic amines) is 1. The van der Waals surface area contributed by atoms with Gasteiger partial charge in [0.15, 0.2) is 0 Å². The van der Waals surface area contributed by atoms with E-state index in [1.807, 2.05) is 48.2 Å². The third kappa shape index (κ3) is 5.45. The summed E-state index contributed by atoms with van der Waals surface area (Å²) in [5.41, 5.74) is 8.70. The van der Waals surface area contributed by atoms with Crippen molar-refractivity contribution in [2.75, 3.05) is 23.7 Å².